The Morgan fingerprint density at radius 1 is 1.47 bits per heavy atom. The van der Waals surface area contributed by atoms with Crippen LogP contribution in [0.15, 0.2) is 23.8 Å². The maximum absolute atomic E-state index is 9.78. The fourth-order valence-corrected chi connectivity index (χ4v) is 2.53. The van der Waals surface area contributed by atoms with Gasteiger partial charge in [-0.25, -0.2) is 0 Å². The number of ether oxygens (including phenoxy) is 2. The molecule has 0 spiro atoms. The van der Waals surface area contributed by atoms with E-state index >= 15 is 0 Å². The lowest BCUT2D eigenvalue weighted by atomic mass is 9.79. The molecule has 0 bridgehead atoms. The molecular formula is C12H16O3. The molecule has 1 N–H and O–H groups in total. The number of hydrogen-bond donors (Lipinski definition) is 1. The molecule has 5 atom stereocenters. The van der Waals surface area contributed by atoms with Gasteiger partial charge in [-0.2, -0.15) is 0 Å². The van der Waals surface area contributed by atoms with E-state index in [-0.39, 0.29) is 12.0 Å². The van der Waals surface area contributed by atoms with Crippen LogP contribution in [0.5, 0.6) is 0 Å². The molecule has 3 heteroatoms. The normalized spacial score (nSPS) is 48.4. The third-order valence-electron chi connectivity index (χ3n) is 3.42. The van der Waals surface area contributed by atoms with Crippen LogP contribution in [0.1, 0.15) is 13.3 Å². The Hall–Kier alpha value is -0.640. The summed E-state index contributed by atoms with van der Waals surface area (Å²) in [4.78, 5) is 0. The van der Waals surface area contributed by atoms with Gasteiger partial charge in [0.15, 0.2) is 6.29 Å². The lowest BCUT2D eigenvalue weighted by Gasteiger charge is -2.37. The van der Waals surface area contributed by atoms with Gasteiger partial charge in [-0.3, -0.25) is 0 Å². The molecule has 3 rings (SSSR count). The Kier molecular flexibility index (Phi) is 2.20. The number of aliphatic hydroxyl groups excluding tert-OH is 1. The third kappa shape index (κ3) is 1.75. The van der Waals surface area contributed by atoms with Gasteiger partial charge in [-0.05, 0) is 24.8 Å². The summed E-state index contributed by atoms with van der Waals surface area (Å²) in [6.45, 7) is 2.86. The molecular weight excluding hydrogens is 192 g/mol. The average molecular weight is 208 g/mol. The smallest absolute Gasteiger partial charge is 0.161 e. The minimum Gasteiger partial charge on any atom is -0.368 e. The van der Waals surface area contributed by atoms with Crippen LogP contribution in [-0.2, 0) is 9.47 Å². The lowest BCUT2D eigenvalue weighted by Crippen LogP contribution is -2.39. The van der Waals surface area contributed by atoms with E-state index in [2.05, 4.69) is 18.2 Å². The molecule has 1 aliphatic carbocycles. The van der Waals surface area contributed by atoms with E-state index in [0.29, 0.717) is 12.0 Å². The molecule has 5 unspecified atom stereocenters. The van der Waals surface area contributed by atoms with Crippen LogP contribution < -0.4 is 0 Å². The Bertz CT molecular complexity index is 317. The number of allylic oxidation sites excluding steroid dienone is 1. The zero-order chi connectivity index (χ0) is 10.4. The molecule has 0 radical (unpaired) electrons. The minimum absolute atomic E-state index is 0.128. The van der Waals surface area contributed by atoms with Gasteiger partial charge in [0.2, 0.25) is 0 Å². The fourth-order valence-electron chi connectivity index (χ4n) is 2.53. The van der Waals surface area contributed by atoms with Crippen molar-refractivity contribution in [3.63, 3.8) is 0 Å². The second kappa shape index (κ2) is 3.44. The molecule has 82 valence electrons. The molecule has 2 aliphatic heterocycles. The van der Waals surface area contributed by atoms with Gasteiger partial charge in [-0.1, -0.05) is 18.2 Å². The Morgan fingerprint density at radius 3 is 3.00 bits per heavy atom. The molecule has 0 amide bonds. The number of fused-ring (bicyclic) bond motifs is 1. The average Bonchev–Trinajstić information content (AvgIpc) is 2.99. The highest BCUT2D eigenvalue weighted by Crippen LogP contribution is 2.37. The van der Waals surface area contributed by atoms with E-state index in [4.69, 9.17) is 9.47 Å². The van der Waals surface area contributed by atoms with Crippen LogP contribution in [0.2, 0.25) is 0 Å². The topological polar surface area (TPSA) is 42.0 Å². The predicted molar refractivity (Wildman–Crippen MR) is 55.1 cm³/mol. The van der Waals surface area contributed by atoms with Gasteiger partial charge in [0.1, 0.15) is 6.10 Å². The first-order valence-electron chi connectivity index (χ1n) is 5.59. The van der Waals surface area contributed by atoms with Crippen LogP contribution >= 0.6 is 0 Å². The Morgan fingerprint density at radius 2 is 2.27 bits per heavy atom. The van der Waals surface area contributed by atoms with Crippen molar-refractivity contribution >= 4 is 0 Å². The van der Waals surface area contributed by atoms with E-state index < -0.39 is 6.29 Å². The van der Waals surface area contributed by atoms with Gasteiger partial charge in [0, 0.05) is 5.92 Å². The summed E-state index contributed by atoms with van der Waals surface area (Å²) in [6.07, 6.45) is 7.20. The van der Waals surface area contributed by atoms with Gasteiger partial charge in [0.25, 0.3) is 0 Å². The highest BCUT2D eigenvalue weighted by molar-refractivity contribution is 5.32. The van der Waals surface area contributed by atoms with E-state index in [0.717, 1.165) is 13.0 Å². The molecule has 3 aliphatic rings. The molecule has 0 aromatic carbocycles. The largest absolute Gasteiger partial charge is 0.368 e. The summed E-state index contributed by atoms with van der Waals surface area (Å²) in [6, 6.07) is 0. The van der Waals surface area contributed by atoms with E-state index in [1.165, 1.54) is 5.57 Å². The highest BCUT2D eigenvalue weighted by Gasteiger charge is 2.37. The van der Waals surface area contributed by atoms with Crippen molar-refractivity contribution in [3.8, 4) is 0 Å². The highest BCUT2D eigenvalue weighted by atomic mass is 16.6. The first-order chi connectivity index (χ1) is 7.24. The fraction of sp³-hybridized carbons (Fsp3) is 0.667. The zero-order valence-corrected chi connectivity index (χ0v) is 8.80. The first-order valence-corrected chi connectivity index (χ1v) is 5.59. The number of hydrogen-bond acceptors (Lipinski definition) is 3. The maximum Gasteiger partial charge on any atom is 0.161 e. The second-order valence-corrected chi connectivity index (χ2v) is 4.66. The number of epoxide rings is 1. The Labute approximate surface area is 89.4 Å². The first kappa shape index (κ1) is 9.58. The van der Waals surface area contributed by atoms with Gasteiger partial charge in [0.05, 0.1) is 12.7 Å². The monoisotopic (exact) mass is 208 g/mol. The zero-order valence-electron chi connectivity index (χ0n) is 8.80. The SMILES string of the molecule is CC1CC2C=C(C3CO3)C=CC2C(O)O1. The van der Waals surface area contributed by atoms with Crippen molar-refractivity contribution in [3.05, 3.63) is 23.8 Å². The molecule has 0 aromatic heterocycles. The van der Waals surface area contributed by atoms with Crippen molar-refractivity contribution < 1.29 is 14.6 Å². The standard InChI is InChI=1S/C12H16O3/c1-7-4-9-5-8(11-6-14-11)2-3-10(9)12(13)15-7/h2-3,5,7,9-13H,4,6H2,1H3. The van der Waals surface area contributed by atoms with Gasteiger partial charge >= 0.3 is 0 Å². The van der Waals surface area contributed by atoms with Crippen LogP contribution in [-0.4, -0.2) is 30.2 Å². The molecule has 2 fully saturated rings. The maximum atomic E-state index is 9.78. The van der Waals surface area contributed by atoms with Crippen molar-refractivity contribution in [2.45, 2.75) is 31.8 Å². The predicted octanol–water partition coefficient (Wildman–Crippen LogP) is 1.24. The molecule has 0 saturated carbocycles. The molecule has 0 aromatic rings. The van der Waals surface area contributed by atoms with Crippen molar-refractivity contribution in [2.75, 3.05) is 6.61 Å². The number of rotatable bonds is 1. The molecule has 2 heterocycles. The van der Waals surface area contributed by atoms with Gasteiger partial charge in [-0.15, -0.1) is 0 Å². The van der Waals surface area contributed by atoms with Crippen LogP contribution in [0, 0.1) is 11.8 Å². The van der Waals surface area contributed by atoms with Crippen molar-refractivity contribution in [1.82, 2.24) is 0 Å². The minimum atomic E-state index is -0.645. The second-order valence-electron chi connectivity index (χ2n) is 4.66. The van der Waals surface area contributed by atoms with Crippen molar-refractivity contribution in [1.29, 1.82) is 0 Å². The van der Waals surface area contributed by atoms with Crippen LogP contribution in [0.25, 0.3) is 0 Å². The molecule has 15 heavy (non-hydrogen) atoms. The summed E-state index contributed by atoms with van der Waals surface area (Å²) < 4.78 is 10.7. The van der Waals surface area contributed by atoms with E-state index in [1.807, 2.05) is 6.92 Å². The van der Waals surface area contributed by atoms with Crippen molar-refractivity contribution in [2.24, 2.45) is 11.8 Å². The summed E-state index contributed by atoms with van der Waals surface area (Å²) in [5.74, 6) is 0.539. The Balaban J connectivity index is 1.80. The summed E-state index contributed by atoms with van der Waals surface area (Å²) in [5, 5.41) is 9.78. The number of aliphatic hydroxyl groups is 1. The summed E-state index contributed by atoms with van der Waals surface area (Å²) in [5.41, 5.74) is 1.28. The van der Waals surface area contributed by atoms with E-state index in [1.54, 1.807) is 0 Å². The van der Waals surface area contributed by atoms with Gasteiger partial charge < -0.3 is 14.6 Å². The third-order valence-corrected chi connectivity index (χ3v) is 3.42. The van der Waals surface area contributed by atoms with E-state index in [9.17, 15) is 5.11 Å². The molecule has 3 nitrogen and oxygen atoms in total. The summed E-state index contributed by atoms with van der Waals surface area (Å²) in [7, 11) is 0. The summed E-state index contributed by atoms with van der Waals surface area (Å²) >= 11 is 0. The molecule has 2 saturated heterocycles. The quantitative estimate of drug-likeness (QED) is 0.659. The van der Waals surface area contributed by atoms with Crippen LogP contribution in [0.3, 0.4) is 0 Å². The lowest BCUT2D eigenvalue weighted by molar-refractivity contribution is -0.189. The van der Waals surface area contributed by atoms with Crippen LogP contribution in [0.4, 0.5) is 0 Å².